The minimum atomic E-state index is -0.810. The summed E-state index contributed by atoms with van der Waals surface area (Å²) in [6.07, 6.45) is 1.65. The Balaban J connectivity index is 1.74. The molecule has 124 valence electrons. The summed E-state index contributed by atoms with van der Waals surface area (Å²) in [6.45, 7) is 4.06. The van der Waals surface area contributed by atoms with Crippen molar-refractivity contribution in [3.05, 3.63) is 83.9 Å². The van der Waals surface area contributed by atoms with Gasteiger partial charge >= 0.3 is 0 Å². The van der Waals surface area contributed by atoms with Crippen LogP contribution in [0.1, 0.15) is 32.3 Å². The molecule has 1 saturated heterocycles. The molecule has 0 spiro atoms. The summed E-state index contributed by atoms with van der Waals surface area (Å²) in [5.41, 5.74) is 1.61. The third-order valence-corrected chi connectivity index (χ3v) is 4.74. The highest BCUT2D eigenvalue weighted by molar-refractivity contribution is 6.23. The van der Waals surface area contributed by atoms with Crippen LogP contribution in [0, 0.1) is 0 Å². The Hall–Kier alpha value is -3.21. The number of carbonyl (C=O) groups is 3. The van der Waals surface area contributed by atoms with E-state index in [4.69, 9.17) is 0 Å². The number of benzene rings is 2. The van der Waals surface area contributed by atoms with Gasteiger partial charge in [-0.25, -0.2) is 0 Å². The fraction of sp³-hybridized carbons (Fsp3) is 0.150. The van der Waals surface area contributed by atoms with Crippen molar-refractivity contribution < 1.29 is 14.4 Å². The molecule has 0 bridgehead atoms. The summed E-state index contributed by atoms with van der Waals surface area (Å²) in [4.78, 5) is 40.9. The van der Waals surface area contributed by atoms with Gasteiger partial charge in [-0.2, -0.15) is 0 Å². The molecule has 2 aromatic rings. The number of rotatable bonds is 4. The van der Waals surface area contributed by atoms with E-state index in [1.54, 1.807) is 35.2 Å². The number of fused-ring (bicyclic) bond motifs is 1. The fourth-order valence-electron chi connectivity index (χ4n) is 3.60. The summed E-state index contributed by atoms with van der Waals surface area (Å²) in [5, 5.41) is 0. The second kappa shape index (κ2) is 5.70. The van der Waals surface area contributed by atoms with E-state index in [0.717, 1.165) is 10.5 Å². The number of nitrogens with zero attached hydrogens (tertiary/aromatic N) is 2. The first-order chi connectivity index (χ1) is 12.1. The largest absolute Gasteiger partial charge is 0.327 e. The van der Waals surface area contributed by atoms with Gasteiger partial charge in [0.15, 0.2) is 0 Å². The van der Waals surface area contributed by atoms with Gasteiger partial charge in [-0.3, -0.25) is 19.3 Å². The molecular weight excluding hydrogens is 316 g/mol. The molecule has 5 heteroatoms. The van der Waals surface area contributed by atoms with Gasteiger partial charge in [0.05, 0.1) is 17.2 Å². The highest BCUT2D eigenvalue weighted by atomic mass is 16.2. The van der Waals surface area contributed by atoms with E-state index < -0.39 is 17.9 Å². The number of imide groups is 1. The third kappa shape index (κ3) is 2.12. The summed E-state index contributed by atoms with van der Waals surface area (Å²) in [6, 6.07) is 15.0. The number of hydrogen-bond acceptors (Lipinski definition) is 3. The van der Waals surface area contributed by atoms with Crippen LogP contribution in [0.2, 0.25) is 0 Å². The van der Waals surface area contributed by atoms with Crippen LogP contribution < -0.4 is 0 Å². The number of β-lactam (4-membered cyclic amide) rings is 1. The van der Waals surface area contributed by atoms with E-state index in [0.29, 0.717) is 17.7 Å². The van der Waals surface area contributed by atoms with Crippen LogP contribution in [0.25, 0.3) is 0 Å². The standard InChI is InChI=1S/C20H16N2O3/c1-2-12-21-16(13-8-4-3-5-9-13)17(20(21)25)22-18(23)14-10-6-7-11-15(14)19(22)24/h2-11,16-17H,1,12H2/t16-,17-/m1/s1. The normalized spacial score (nSPS) is 22.0. The first kappa shape index (κ1) is 15.3. The SMILES string of the molecule is C=CCN1C(=O)[C@H](N2C(=O)c3ccccc3C2=O)[C@H]1c1ccccc1. The Labute approximate surface area is 145 Å². The predicted molar refractivity (Wildman–Crippen MR) is 91.8 cm³/mol. The van der Waals surface area contributed by atoms with E-state index in [-0.39, 0.29) is 11.9 Å². The minimum absolute atomic E-state index is 0.233. The minimum Gasteiger partial charge on any atom is -0.327 e. The molecule has 25 heavy (non-hydrogen) atoms. The fourth-order valence-corrected chi connectivity index (χ4v) is 3.60. The van der Waals surface area contributed by atoms with Crippen LogP contribution in [0.3, 0.4) is 0 Å². The first-order valence-electron chi connectivity index (χ1n) is 8.08. The lowest BCUT2D eigenvalue weighted by Gasteiger charge is -2.49. The lowest BCUT2D eigenvalue weighted by molar-refractivity contribution is -0.155. The maximum Gasteiger partial charge on any atom is 0.262 e. The molecule has 0 radical (unpaired) electrons. The Bertz CT molecular complexity index is 856. The van der Waals surface area contributed by atoms with Crippen LogP contribution in [-0.2, 0) is 4.79 Å². The van der Waals surface area contributed by atoms with Crippen molar-refractivity contribution in [1.29, 1.82) is 0 Å². The maximum absolute atomic E-state index is 12.7. The molecule has 4 rings (SSSR count). The Morgan fingerprint density at radius 2 is 1.40 bits per heavy atom. The zero-order valence-corrected chi connectivity index (χ0v) is 13.5. The molecule has 0 aliphatic carbocycles. The van der Waals surface area contributed by atoms with Gasteiger partial charge in [0.25, 0.3) is 11.8 Å². The van der Waals surface area contributed by atoms with Crippen molar-refractivity contribution in [2.24, 2.45) is 0 Å². The van der Waals surface area contributed by atoms with Crippen molar-refractivity contribution in [2.75, 3.05) is 6.54 Å². The van der Waals surface area contributed by atoms with Crippen LogP contribution >= 0.6 is 0 Å². The molecule has 0 unspecified atom stereocenters. The first-order valence-corrected chi connectivity index (χ1v) is 8.08. The van der Waals surface area contributed by atoms with Gasteiger partial charge < -0.3 is 4.90 Å². The van der Waals surface area contributed by atoms with Crippen molar-refractivity contribution >= 4 is 17.7 Å². The van der Waals surface area contributed by atoms with E-state index in [2.05, 4.69) is 6.58 Å². The predicted octanol–water partition coefficient (Wildman–Crippen LogP) is 2.42. The van der Waals surface area contributed by atoms with Crippen molar-refractivity contribution in [3.63, 3.8) is 0 Å². The van der Waals surface area contributed by atoms with E-state index >= 15 is 0 Å². The van der Waals surface area contributed by atoms with Crippen LogP contribution in [-0.4, -0.2) is 40.1 Å². The van der Waals surface area contributed by atoms with E-state index in [1.807, 2.05) is 30.3 Å². The average molecular weight is 332 g/mol. The lowest BCUT2D eigenvalue weighted by Crippen LogP contribution is -2.66. The molecule has 2 atom stereocenters. The molecule has 5 nitrogen and oxygen atoms in total. The molecule has 2 aromatic carbocycles. The smallest absolute Gasteiger partial charge is 0.262 e. The molecule has 1 fully saturated rings. The summed E-state index contributed by atoms with van der Waals surface area (Å²) < 4.78 is 0. The second-order valence-corrected chi connectivity index (χ2v) is 6.11. The summed E-state index contributed by atoms with van der Waals surface area (Å²) >= 11 is 0. The molecule has 0 N–H and O–H groups in total. The average Bonchev–Trinajstić information content (AvgIpc) is 2.89. The number of amides is 3. The Morgan fingerprint density at radius 1 is 0.840 bits per heavy atom. The van der Waals surface area contributed by atoms with Crippen molar-refractivity contribution in [2.45, 2.75) is 12.1 Å². The van der Waals surface area contributed by atoms with Crippen LogP contribution in [0.15, 0.2) is 67.3 Å². The van der Waals surface area contributed by atoms with Crippen LogP contribution in [0.5, 0.6) is 0 Å². The number of carbonyl (C=O) groups excluding carboxylic acids is 3. The number of likely N-dealkylation sites (tertiary alicyclic amines) is 1. The van der Waals surface area contributed by atoms with Gasteiger partial charge in [0, 0.05) is 6.54 Å². The van der Waals surface area contributed by atoms with Gasteiger partial charge in [0.2, 0.25) is 5.91 Å². The molecule has 2 aliphatic rings. The lowest BCUT2D eigenvalue weighted by atomic mass is 9.87. The topological polar surface area (TPSA) is 57.7 Å². The third-order valence-electron chi connectivity index (χ3n) is 4.74. The molecule has 0 aromatic heterocycles. The van der Waals surface area contributed by atoms with Gasteiger partial charge in [-0.1, -0.05) is 48.5 Å². The second-order valence-electron chi connectivity index (χ2n) is 6.11. The summed E-state index contributed by atoms with van der Waals surface area (Å²) in [5.74, 6) is -1.04. The molecule has 2 heterocycles. The zero-order chi connectivity index (χ0) is 17.6. The zero-order valence-electron chi connectivity index (χ0n) is 13.5. The highest BCUT2D eigenvalue weighted by Gasteiger charge is 2.56. The van der Waals surface area contributed by atoms with E-state index in [1.165, 1.54) is 0 Å². The van der Waals surface area contributed by atoms with Crippen molar-refractivity contribution in [3.8, 4) is 0 Å². The van der Waals surface area contributed by atoms with Gasteiger partial charge in [0.1, 0.15) is 6.04 Å². The van der Waals surface area contributed by atoms with Crippen molar-refractivity contribution in [1.82, 2.24) is 9.80 Å². The quantitative estimate of drug-likeness (QED) is 0.491. The molecule has 2 aliphatic heterocycles. The van der Waals surface area contributed by atoms with Gasteiger partial charge in [-0.05, 0) is 17.7 Å². The maximum atomic E-state index is 12.7. The molecule has 3 amide bonds. The number of hydrogen-bond donors (Lipinski definition) is 0. The molecular formula is C20H16N2O3. The summed E-state index contributed by atoms with van der Waals surface area (Å²) in [7, 11) is 0. The molecule has 0 saturated carbocycles. The monoisotopic (exact) mass is 332 g/mol. The Kier molecular flexibility index (Phi) is 3.50. The van der Waals surface area contributed by atoms with Gasteiger partial charge in [-0.15, -0.1) is 6.58 Å². The van der Waals surface area contributed by atoms with Crippen LogP contribution in [0.4, 0.5) is 0 Å². The Morgan fingerprint density at radius 3 is 1.96 bits per heavy atom. The van der Waals surface area contributed by atoms with E-state index in [9.17, 15) is 14.4 Å². The highest BCUT2D eigenvalue weighted by Crippen LogP contribution is 2.41.